The minimum Gasteiger partial charge on any atom is -0.497 e. The number of carbonyl (C=O) groups excluding carboxylic acids is 2. The molecule has 0 fully saturated rings. The molecule has 5 rings (SSSR count). The van der Waals surface area contributed by atoms with Gasteiger partial charge in [-0.05, 0) is 54.7 Å². The number of nitrogens with zero attached hydrogens (tertiary/aromatic N) is 1. The van der Waals surface area contributed by atoms with E-state index in [4.69, 9.17) is 9.47 Å². The molecule has 0 unspecified atom stereocenters. The van der Waals surface area contributed by atoms with Crippen LogP contribution in [0, 0.1) is 0 Å². The van der Waals surface area contributed by atoms with Crippen LogP contribution in [0.3, 0.4) is 0 Å². The lowest BCUT2D eigenvalue weighted by Crippen LogP contribution is -2.45. The Kier molecular flexibility index (Phi) is 7.56. The predicted molar refractivity (Wildman–Crippen MR) is 146 cm³/mol. The summed E-state index contributed by atoms with van der Waals surface area (Å²) in [6, 6.07) is 19.0. The van der Waals surface area contributed by atoms with E-state index >= 15 is 0 Å². The average Bonchev–Trinajstić information content (AvgIpc) is 3.10. The summed E-state index contributed by atoms with van der Waals surface area (Å²) in [6.45, 7) is 2.24. The maximum absolute atomic E-state index is 14.2. The highest BCUT2D eigenvalue weighted by Gasteiger charge is 2.50. The third-order valence-electron chi connectivity index (χ3n) is 7.21. The number of ether oxygens (including phenoxy) is 2. The molecule has 3 aromatic carbocycles. The Labute approximate surface area is 230 Å². The fourth-order valence-electron chi connectivity index (χ4n) is 5.41. The molecule has 2 aliphatic rings. The number of hydrogen-bond donors (Lipinski definition) is 1. The van der Waals surface area contributed by atoms with Gasteiger partial charge in [-0.2, -0.15) is 13.2 Å². The summed E-state index contributed by atoms with van der Waals surface area (Å²) in [6.07, 6.45) is -4.07. The molecule has 2 atom stereocenters. The highest BCUT2D eigenvalue weighted by molar-refractivity contribution is 6.08. The number of rotatable bonds is 6. The molecule has 40 heavy (non-hydrogen) atoms. The van der Waals surface area contributed by atoms with Crippen LogP contribution < -0.4 is 19.7 Å². The summed E-state index contributed by atoms with van der Waals surface area (Å²) in [7, 11) is 1.57. The van der Waals surface area contributed by atoms with E-state index in [1.165, 1.54) is 6.07 Å². The van der Waals surface area contributed by atoms with Crippen LogP contribution in [0.4, 0.5) is 24.5 Å². The Morgan fingerprint density at radius 2 is 1.70 bits per heavy atom. The van der Waals surface area contributed by atoms with Crippen LogP contribution in [0.1, 0.15) is 49.3 Å². The molecule has 0 bridgehead atoms. The zero-order valence-corrected chi connectivity index (χ0v) is 22.1. The van der Waals surface area contributed by atoms with E-state index < -0.39 is 18.1 Å². The van der Waals surface area contributed by atoms with Gasteiger partial charge in [0.05, 0.1) is 31.1 Å². The first kappa shape index (κ1) is 27.3. The van der Waals surface area contributed by atoms with Gasteiger partial charge >= 0.3 is 12.1 Å². The van der Waals surface area contributed by atoms with Gasteiger partial charge in [-0.3, -0.25) is 14.5 Å². The maximum Gasteiger partial charge on any atom is 0.471 e. The van der Waals surface area contributed by atoms with Gasteiger partial charge in [0.15, 0.2) is 5.78 Å². The predicted octanol–water partition coefficient (Wildman–Crippen LogP) is 6.95. The highest BCUT2D eigenvalue weighted by atomic mass is 19.4. The number of nitrogens with one attached hydrogen (secondary N) is 1. The molecule has 1 heterocycles. The van der Waals surface area contributed by atoms with Crippen molar-refractivity contribution in [1.29, 1.82) is 0 Å². The van der Waals surface area contributed by atoms with E-state index in [-0.39, 0.29) is 29.4 Å². The van der Waals surface area contributed by atoms with Crippen molar-refractivity contribution in [3.05, 3.63) is 95.2 Å². The van der Waals surface area contributed by atoms with Crippen molar-refractivity contribution in [3.8, 4) is 11.5 Å². The zero-order chi connectivity index (χ0) is 28.4. The summed E-state index contributed by atoms with van der Waals surface area (Å²) in [5.74, 6) is -1.61. The number of Topliss-reactive ketones (excluding diaryl/α,β-unsaturated/α-hetero) is 1. The van der Waals surface area contributed by atoms with Crippen LogP contribution in [0.2, 0.25) is 0 Å². The van der Waals surface area contributed by atoms with Gasteiger partial charge < -0.3 is 14.8 Å². The lowest BCUT2D eigenvalue weighted by Gasteiger charge is -2.36. The number of allylic oxidation sites excluding steroid dienone is 1. The largest absolute Gasteiger partial charge is 0.497 e. The summed E-state index contributed by atoms with van der Waals surface area (Å²) in [5, 5.41) is 3.24. The highest BCUT2D eigenvalue weighted by Crippen LogP contribution is 2.50. The van der Waals surface area contributed by atoms with E-state index in [2.05, 4.69) is 5.32 Å². The Balaban J connectivity index is 1.72. The maximum atomic E-state index is 14.2. The molecule has 9 heteroatoms. The molecule has 0 saturated heterocycles. The van der Waals surface area contributed by atoms with E-state index in [9.17, 15) is 22.8 Å². The van der Waals surface area contributed by atoms with E-state index in [1.54, 1.807) is 49.6 Å². The average molecular weight is 551 g/mol. The molecular weight excluding hydrogens is 521 g/mol. The second kappa shape index (κ2) is 11.1. The SMILES string of the molecule is CCCOc1ccccc1[C@H]1C2=C(C[C@@H](c3ccc(OC)cc3)CC2=O)Nc2ccccc2N1C(=O)C(F)(F)F. The Morgan fingerprint density at radius 3 is 2.40 bits per heavy atom. The number of halogens is 3. The van der Waals surface area contributed by atoms with Crippen LogP contribution in [0.15, 0.2) is 84.1 Å². The third-order valence-corrected chi connectivity index (χ3v) is 7.21. The van der Waals surface area contributed by atoms with Crippen molar-refractivity contribution in [3.63, 3.8) is 0 Å². The number of benzene rings is 3. The number of methoxy groups -OCH3 is 1. The fourth-order valence-corrected chi connectivity index (χ4v) is 5.41. The monoisotopic (exact) mass is 550 g/mol. The summed E-state index contributed by atoms with van der Waals surface area (Å²) in [4.78, 5) is 27.8. The van der Waals surface area contributed by atoms with Gasteiger partial charge in [0.25, 0.3) is 0 Å². The van der Waals surface area contributed by atoms with Crippen LogP contribution in [0.5, 0.6) is 11.5 Å². The minimum absolute atomic E-state index is 0.0308. The molecule has 208 valence electrons. The van der Waals surface area contributed by atoms with E-state index in [0.717, 1.165) is 5.56 Å². The molecule has 1 aliphatic carbocycles. The van der Waals surface area contributed by atoms with Gasteiger partial charge in [0, 0.05) is 23.3 Å². The van der Waals surface area contributed by atoms with Gasteiger partial charge in [-0.25, -0.2) is 0 Å². The van der Waals surface area contributed by atoms with Crippen molar-refractivity contribution < 1.29 is 32.2 Å². The summed E-state index contributed by atoms with van der Waals surface area (Å²) in [5.41, 5.74) is 2.18. The van der Waals surface area contributed by atoms with Gasteiger partial charge in [-0.1, -0.05) is 49.4 Å². The topological polar surface area (TPSA) is 67.9 Å². The van der Waals surface area contributed by atoms with Crippen LogP contribution >= 0.6 is 0 Å². The molecule has 0 radical (unpaired) electrons. The van der Waals surface area contributed by atoms with Crippen LogP contribution in [0.25, 0.3) is 0 Å². The molecule has 3 aromatic rings. The number of para-hydroxylation sites is 3. The normalized spacial score (nSPS) is 18.8. The molecule has 6 nitrogen and oxygen atoms in total. The number of carbonyl (C=O) groups is 2. The van der Waals surface area contributed by atoms with Gasteiger partial charge in [0.1, 0.15) is 11.5 Å². The Bertz CT molecular complexity index is 1450. The second-order valence-electron chi connectivity index (χ2n) is 9.80. The van der Waals surface area contributed by atoms with Crippen LogP contribution in [-0.2, 0) is 9.59 Å². The third kappa shape index (κ3) is 5.15. The number of alkyl halides is 3. The number of ketones is 1. The Morgan fingerprint density at radius 1 is 1.00 bits per heavy atom. The number of hydrogen-bond acceptors (Lipinski definition) is 5. The van der Waals surface area contributed by atoms with E-state index in [1.807, 2.05) is 31.2 Å². The van der Waals surface area contributed by atoms with Crippen LogP contribution in [-0.4, -0.2) is 31.6 Å². The molecule has 0 saturated carbocycles. The lowest BCUT2D eigenvalue weighted by atomic mass is 9.78. The standard InChI is InChI=1S/C31H29F3N2O4/c1-3-16-40-27-11-7-4-8-22(27)29-28-24(17-20(18-26(28)37)19-12-14-21(39-2)15-13-19)35-23-9-5-6-10-25(23)36(29)30(38)31(32,33)34/h4-15,20,29,35H,3,16-18H2,1-2H3/t20-,29+/m1/s1. The van der Waals surface area contributed by atoms with Crippen molar-refractivity contribution in [1.82, 2.24) is 0 Å². The van der Waals surface area contributed by atoms with Crippen molar-refractivity contribution >= 4 is 23.1 Å². The first-order valence-electron chi connectivity index (χ1n) is 13.1. The fraction of sp³-hybridized carbons (Fsp3) is 0.290. The summed E-state index contributed by atoms with van der Waals surface area (Å²) >= 11 is 0. The smallest absolute Gasteiger partial charge is 0.471 e. The molecule has 0 aromatic heterocycles. The first-order chi connectivity index (χ1) is 19.2. The minimum atomic E-state index is -5.18. The van der Waals surface area contributed by atoms with Gasteiger partial charge in [0.2, 0.25) is 0 Å². The molecule has 0 spiro atoms. The van der Waals surface area contributed by atoms with Crippen molar-refractivity contribution in [2.45, 2.75) is 44.3 Å². The van der Waals surface area contributed by atoms with Crippen molar-refractivity contribution in [2.75, 3.05) is 23.9 Å². The molecular formula is C31H29F3N2O4. The van der Waals surface area contributed by atoms with Gasteiger partial charge in [-0.15, -0.1) is 0 Å². The number of anilines is 2. The lowest BCUT2D eigenvalue weighted by molar-refractivity contribution is -0.170. The van der Waals surface area contributed by atoms with E-state index in [0.29, 0.717) is 52.8 Å². The zero-order valence-electron chi connectivity index (χ0n) is 22.1. The first-order valence-corrected chi connectivity index (χ1v) is 13.1. The Hall–Kier alpha value is -4.27. The number of fused-ring (bicyclic) bond motifs is 1. The second-order valence-corrected chi connectivity index (χ2v) is 9.80. The molecule has 1 amide bonds. The summed E-state index contributed by atoms with van der Waals surface area (Å²) < 4.78 is 53.7. The van der Waals surface area contributed by atoms with Crippen molar-refractivity contribution in [2.24, 2.45) is 0 Å². The number of amides is 1. The quantitative estimate of drug-likeness (QED) is 0.360. The molecule has 1 N–H and O–H groups in total. The molecule has 1 aliphatic heterocycles.